The zero-order valence-corrected chi connectivity index (χ0v) is 12.9. The van der Waals surface area contributed by atoms with E-state index in [-0.39, 0.29) is 5.91 Å². The van der Waals surface area contributed by atoms with E-state index in [1.807, 2.05) is 35.4 Å². The molecule has 2 heterocycles. The SMILES string of the molecule is O=C(c1ccc2sncc2c1)N1CCC(c2ccccc2)C1. The second-order valence-corrected chi connectivity index (χ2v) is 6.56. The van der Waals surface area contributed by atoms with Crippen molar-refractivity contribution in [3.05, 3.63) is 65.9 Å². The standard InChI is InChI=1S/C18H16N2OS/c21-18(14-6-7-17-16(10-14)11-19-22-17)20-9-8-15(12-20)13-4-2-1-3-5-13/h1-7,10-11,15H,8-9,12H2. The van der Waals surface area contributed by atoms with E-state index in [1.54, 1.807) is 0 Å². The third-order valence-corrected chi connectivity index (χ3v) is 5.13. The van der Waals surface area contributed by atoms with E-state index in [0.717, 1.165) is 35.2 Å². The summed E-state index contributed by atoms with van der Waals surface area (Å²) in [6.07, 6.45) is 2.87. The lowest BCUT2D eigenvalue weighted by Gasteiger charge is -2.17. The third kappa shape index (κ3) is 2.40. The van der Waals surface area contributed by atoms with Gasteiger partial charge < -0.3 is 4.90 Å². The number of fused-ring (bicyclic) bond motifs is 1. The molecule has 1 saturated heterocycles. The van der Waals surface area contributed by atoms with E-state index < -0.39 is 0 Å². The third-order valence-electron chi connectivity index (χ3n) is 4.35. The zero-order valence-electron chi connectivity index (χ0n) is 12.1. The Morgan fingerprint density at radius 2 is 2.05 bits per heavy atom. The highest BCUT2D eigenvalue weighted by Crippen LogP contribution is 2.28. The fraction of sp³-hybridized carbons (Fsp3) is 0.222. The van der Waals surface area contributed by atoms with Crippen molar-refractivity contribution in [3.63, 3.8) is 0 Å². The summed E-state index contributed by atoms with van der Waals surface area (Å²) in [5, 5.41) is 1.05. The maximum absolute atomic E-state index is 12.7. The normalized spacial score (nSPS) is 18.0. The summed E-state index contributed by atoms with van der Waals surface area (Å²) >= 11 is 1.46. The molecule has 0 spiro atoms. The van der Waals surface area contributed by atoms with Crippen molar-refractivity contribution in [3.8, 4) is 0 Å². The lowest BCUT2D eigenvalue weighted by Crippen LogP contribution is -2.28. The first kappa shape index (κ1) is 13.5. The van der Waals surface area contributed by atoms with Gasteiger partial charge in [0.25, 0.3) is 5.91 Å². The lowest BCUT2D eigenvalue weighted by molar-refractivity contribution is 0.0791. The van der Waals surface area contributed by atoms with Gasteiger partial charge in [-0.15, -0.1) is 0 Å². The van der Waals surface area contributed by atoms with Crippen molar-refractivity contribution in [1.29, 1.82) is 0 Å². The van der Waals surface area contributed by atoms with E-state index in [1.165, 1.54) is 17.1 Å². The van der Waals surface area contributed by atoms with E-state index in [2.05, 4.69) is 28.6 Å². The summed E-state index contributed by atoms with van der Waals surface area (Å²) in [5.41, 5.74) is 2.09. The van der Waals surface area contributed by atoms with Crippen LogP contribution in [0.2, 0.25) is 0 Å². The Balaban J connectivity index is 1.54. The smallest absolute Gasteiger partial charge is 0.253 e. The van der Waals surface area contributed by atoms with Gasteiger partial charge >= 0.3 is 0 Å². The van der Waals surface area contributed by atoms with Crippen LogP contribution in [0.3, 0.4) is 0 Å². The average Bonchev–Trinajstić information content (AvgIpc) is 3.23. The molecular weight excluding hydrogens is 292 g/mol. The minimum atomic E-state index is 0.131. The second-order valence-electron chi connectivity index (χ2n) is 5.73. The van der Waals surface area contributed by atoms with Gasteiger partial charge in [0.05, 0.1) is 4.70 Å². The minimum Gasteiger partial charge on any atom is -0.338 e. The molecule has 1 atom stereocenters. The van der Waals surface area contributed by atoms with Crippen molar-refractivity contribution in [1.82, 2.24) is 9.27 Å². The van der Waals surface area contributed by atoms with Crippen molar-refractivity contribution in [2.45, 2.75) is 12.3 Å². The molecule has 3 nitrogen and oxygen atoms in total. The van der Waals surface area contributed by atoms with Crippen LogP contribution in [0.1, 0.15) is 28.3 Å². The number of hydrogen-bond acceptors (Lipinski definition) is 3. The van der Waals surface area contributed by atoms with Gasteiger partial charge in [-0.3, -0.25) is 4.79 Å². The second kappa shape index (κ2) is 5.54. The number of aromatic nitrogens is 1. The van der Waals surface area contributed by atoms with Crippen LogP contribution in [0.5, 0.6) is 0 Å². The predicted molar refractivity (Wildman–Crippen MR) is 89.3 cm³/mol. The van der Waals surface area contributed by atoms with Crippen LogP contribution in [-0.4, -0.2) is 28.3 Å². The Bertz CT molecular complexity index is 812. The number of carbonyl (C=O) groups is 1. The first-order valence-electron chi connectivity index (χ1n) is 7.50. The molecule has 0 radical (unpaired) electrons. The zero-order chi connectivity index (χ0) is 14.9. The van der Waals surface area contributed by atoms with Gasteiger partial charge in [0, 0.05) is 36.2 Å². The first-order valence-corrected chi connectivity index (χ1v) is 8.27. The summed E-state index contributed by atoms with van der Waals surface area (Å²) in [4.78, 5) is 14.7. The summed E-state index contributed by atoms with van der Waals surface area (Å²) in [5.74, 6) is 0.586. The van der Waals surface area contributed by atoms with Gasteiger partial charge in [0.1, 0.15) is 0 Å². The van der Waals surface area contributed by atoms with Gasteiger partial charge in [-0.1, -0.05) is 30.3 Å². The topological polar surface area (TPSA) is 33.2 Å². The van der Waals surface area contributed by atoms with Crippen LogP contribution in [-0.2, 0) is 0 Å². The first-order chi connectivity index (χ1) is 10.8. The highest BCUT2D eigenvalue weighted by Gasteiger charge is 2.27. The molecule has 3 aromatic rings. The van der Waals surface area contributed by atoms with Crippen LogP contribution in [0, 0.1) is 0 Å². The van der Waals surface area contributed by atoms with Crippen LogP contribution < -0.4 is 0 Å². The number of amides is 1. The Morgan fingerprint density at radius 1 is 1.18 bits per heavy atom. The van der Waals surface area contributed by atoms with E-state index >= 15 is 0 Å². The average molecular weight is 308 g/mol. The molecule has 2 aromatic carbocycles. The molecule has 0 bridgehead atoms. The molecule has 22 heavy (non-hydrogen) atoms. The van der Waals surface area contributed by atoms with Gasteiger partial charge in [-0.2, -0.15) is 4.37 Å². The number of carbonyl (C=O) groups excluding carboxylic acids is 1. The molecule has 110 valence electrons. The Hall–Kier alpha value is -2.20. The summed E-state index contributed by atoms with van der Waals surface area (Å²) in [7, 11) is 0. The van der Waals surface area contributed by atoms with Crippen molar-refractivity contribution < 1.29 is 4.79 Å². The number of hydrogen-bond donors (Lipinski definition) is 0. The quantitative estimate of drug-likeness (QED) is 0.719. The van der Waals surface area contributed by atoms with Crippen LogP contribution in [0.4, 0.5) is 0 Å². The van der Waals surface area contributed by atoms with Crippen LogP contribution >= 0.6 is 11.5 Å². The Morgan fingerprint density at radius 3 is 2.91 bits per heavy atom. The minimum absolute atomic E-state index is 0.131. The van der Waals surface area contributed by atoms with Crippen molar-refractivity contribution >= 4 is 27.5 Å². The van der Waals surface area contributed by atoms with Gasteiger partial charge in [0.15, 0.2) is 0 Å². The summed E-state index contributed by atoms with van der Waals surface area (Å²) in [6.45, 7) is 1.64. The van der Waals surface area contributed by atoms with Crippen molar-refractivity contribution in [2.75, 3.05) is 13.1 Å². The molecule has 1 fully saturated rings. The Labute approximate surface area is 133 Å². The molecule has 0 saturated carbocycles. The molecule has 0 N–H and O–H groups in total. The monoisotopic (exact) mass is 308 g/mol. The van der Waals surface area contributed by atoms with Gasteiger partial charge in [-0.25, -0.2) is 0 Å². The van der Waals surface area contributed by atoms with E-state index in [4.69, 9.17) is 0 Å². The van der Waals surface area contributed by atoms with Gasteiger partial charge in [-0.05, 0) is 41.7 Å². The largest absolute Gasteiger partial charge is 0.338 e. The number of benzene rings is 2. The molecule has 1 aliphatic heterocycles. The summed E-state index contributed by atoms with van der Waals surface area (Å²) in [6, 6.07) is 16.3. The van der Waals surface area contributed by atoms with E-state index in [9.17, 15) is 4.79 Å². The molecule has 1 amide bonds. The highest BCUT2D eigenvalue weighted by atomic mass is 32.1. The molecule has 0 aliphatic carbocycles. The lowest BCUT2D eigenvalue weighted by atomic mass is 9.99. The molecule has 1 aromatic heterocycles. The molecule has 4 rings (SSSR count). The van der Waals surface area contributed by atoms with Crippen molar-refractivity contribution in [2.24, 2.45) is 0 Å². The maximum Gasteiger partial charge on any atom is 0.253 e. The molecule has 1 aliphatic rings. The fourth-order valence-electron chi connectivity index (χ4n) is 3.13. The number of likely N-dealkylation sites (tertiary alicyclic amines) is 1. The highest BCUT2D eigenvalue weighted by molar-refractivity contribution is 7.13. The molecule has 4 heteroatoms. The number of rotatable bonds is 2. The predicted octanol–water partition coefficient (Wildman–Crippen LogP) is 3.93. The van der Waals surface area contributed by atoms with Crippen LogP contribution in [0.15, 0.2) is 54.7 Å². The Kier molecular flexibility index (Phi) is 3.39. The maximum atomic E-state index is 12.7. The van der Waals surface area contributed by atoms with E-state index in [0.29, 0.717) is 5.92 Å². The molecular formula is C18H16N2OS. The fourth-order valence-corrected chi connectivity index (χ4v) is 3.76. The van der Waals surface area contributed by atoms with Crippen LogP contribution in [0.25, 0.3) is 10.1 Å². The number of nitrogens with zero attached hydrogens (tertiary/aromatic N) is 2. The summed E-state index contributed by atoms with van der Waals surface area (Å²) < 4.78 is 5.29. The molecule has 1 unspecified atom stereocenters. The van der Waals surface area contributed by atoms with Gasteiger partial charge in [0.2, 0.25) is 0 Å².